The van der Waals surface area contributed by atoms with Gasteiger partial charge in [-0.2, -0.15) is 13.2 Å². The number of piperidine rings is 1. The van der Waals surface area contributed by atoms with E-state index in [9.17, 15) is 22.8 Å². The van der Waals surface area contributed by atoms with Gasteiger partial charge in [-0.3, -0.25) is 15.0 Å². The SMILES string of the molecule is CC1(C2CCN(Cc3ccccc3C(F)(F)F)CC2)NC(=O)NC1=O. The lowest BCUT2D eigenvalue weighted by Crippen LogP contribution is -2.53. The van der Waals surface area contributed by atoms with Gasteiger partial charge in [-0.05, 0) is 50.4 Å². The van der Waals surface area contributed by atoms with Crippen molar-refractivity contribution >= 4 is 11.9 Å². The predicted octanol–water partition coefficient (Wildman–Crippen LogP) is 2.52. The van der Waals surface area contributed by atoms with Crippen LogP contribution in [-0.2, 0) is 17.5 Å². The molecule has 2 N–H and O–H groups in total. The lowest BCUT2D eigenvalue weighted by Gasteiger charge is -2.38. The molecule has 1 atom stereocenters. The molecule has 8 heteroatoms. The van der Waals surface area contributed by atoms with Crippen LogP contribution in [0.15, 0.2) is 24.3 Å². The molecule has 1 aromatic rings. The van der Waals surface area contributed by atoms with Gasteiger partial charge < -0.3 is 5.32 Å². The van der Waals surface area contributed by atoms with E-state index in [1.54, 1.807) is 13.0 Å². The molecule has 1 aromatic carbocycles. The minimum Gasteiger partial charge on any atom is -0.323 e. The van der Waals surface area contributed by atoms with E-state index in [1.807, 2.05) is 4.90 Å². The zero-order valence-electron chi connectivity index (χ0n) is 13.8. The molecule has 5 nitrogen and oxygen atoms in total. The molecule has 3 amide bonds. The molecular formula is C17H20F3N3O2. The molecule has 0 aliphatic carbocycles. The Balaban J connectivity index is 1.64. The summed E-state index contributed by atoms with van der Waals surface area (Å²) in [5.74, 6) is -0.369. The first kappa shape index (κ1) is 17.7. The summed E-state index contributed by atoms with van der Waals surface area (Å²) >= 11 is 0. The summed E-state index contributed by atoms with van der Waals surface area (Å²) < 4.78 is 39.3. The highest BCUT2D eigenvalue weighted by atomic mass is 19.4. The molecule has 0 radical (unpaired) electrons. The second kappa shape index (κ2) is 6.33. The van der Waals surface area contributed by atoms with Crippen LogP contribution in [0.3, 0.4) is 0 Å². The topological polar surface area (TPSA) is 61.4 Å². The van der Waals surface area contributed by atoms with Gasteiger partial charge in [-0.15, -0.1) is 0 Å². The van der Waals surface area contributed by atoms with E-state index in [-0.39, 0.29) is 23.9 Å². The molecule has 0 spiro atoms. The standard InChI is InChI=1S/C17H20F3N3O2/c1-16(14(24)21-15(25)22-16)12-6-8-23(9-7-12)10-11-4-2-3-5-13(11)17(18,19)20/h2-5,12H,6-10H2,1H3,(H2,21,22,24,25). The van der Waals surface area contributed by atoms with E-state index in [1.165, 1.54) is 12.1 Å². The number of carbonyl (C=O) groups excluding carboxylic acids is 2. The summed E-state index contributed by atoms with van der Waals surface area (Å²) in [5, 5.41) is 4.93. The number of carbonyl (C=O) groups is 2. The molecule has 0 bridgehead atoms. The average molecular weight is 355 g/mol. The molecular weight excluding hydrogens is 335 g/mol. The van der Waals surface area contributed by atoms with Crippen LogP contribution < -0.4 is 10.6 Å². The van der Waals surface area contributed by atoms with Crippen molar-refractivity contribution in [3.8, 4) is 0 Å². The number of alkyl halides is 3. The third kappa shape index (κ3) is 3.49. The van der Waals surface area contributed by atoms with Gasteiger partial charge in [0.25, 0.3) is 5.91 Å². The van der Waals surface area contributed by atoms with Crippen molar-refractivity contribution < 1.29 is 22.8 Å². The molecule has 2 heterocycles. The van der Waals surface area contributed by atoms with Gasteiger partial charge >= 0.3 is 12.2 Å². The second-order valence-electron chi connectivity index (χ2n) is 6.82. The van der Waals surface area contributed by atoms with Crippen LogP contribution in [0.1, 0.15) is 30.9 Å². The lowest BCUT2D eigenvalue weighted by molar-refractivity contribution is -0.138. The van der Waals surface area contributed by atoms with Crippen LogP contribution in [0.2, 0.25) is 0 Å². The minimum atomic E-state index is -4.37. The van der Waals surface area contributed by atoms with Gasteiger partial charge in [0.2, 0.25) is 0 Å². The number of hydrogen-bond donors (Lipinski definition) is 2. The predicted molar refractivity (Wildman–Crippen MR) is 84.5 cm³/mol. The van der Waals surface area contributed by atoms with Gasteiger partial charge in [-0.1, -0.05) is 18.2 Å². The summed E-state index contributed by atoms with van der Waals surface area (Å²) in [6, 6.07) is 5.11. The van der Waals surface area contributed by atoms with Crippen molar-refractivity contribution in [1.29, 1.82) is 0 Å². The first-order valence-electron chi connectivity index (χ1n) is 8.21. The summed E-state index contributed by atoms with van der Waals surface area (Å²) in [5.41, 5.74) is -1.29. The highest BCUT2D eigenvalue weighted by Crippen LogP contribution is 2.34. The number of imide groups is 1. The maximum atomic E-state index is 13.1. The normalized spacial score (nSPS) is 25.8. The molecule has 0 saturated carbocycles. The quantitative estimate of drug-likeness (QED) is 0.819. The Morgan fingerprint density at radius 2 is 1.84 bits per heavy atom. The number of benzene rings is 1. The summed E-state index contributed by atoms with van der Waals surface area (Å²) in [6.07, 6.45) is -3.09. The number of urea groups is 1. The highest BCUT2D eigenvalue weighted by Gasteiger charge is 2.48. The lowest BCUT2D eigenvalue weighted by atomic mass is 9.79. The van der Waals surface area contributed by atoms with Crippen LogP contribution in [0.5, 0.6) is 0 Å². The smallest absolute Gasteiger partial charge is 0.323 e. The number of likely N-dealkylation sites (tertiary alicyclic amines) is 1. The molecule has 3 rings (SSSR count). The Morgan fingerprint density at radius 3 is 2.40 bits per heavy atom. The maximum Gasteiger partial charge on any atom is 0.416 e. The number of amides is 3. The minimum absolute atomic E-state index is 0.0342. The Kier molecular flexibility index (Phi) is 4.49. The van der Waals surface area contributed by atoms with Gasteiger partial charge in [0.05, 0.1) is 5.56 Å². The van der Waals surface area contributed by atoms with Crippen molar-refractivity contribution in [3.63, 3.8) is 0 Å². The number of nitrogens with one attached hydrogen (secondary N) is 2. The summed E-state index contributed by atoms with van der Waals surface area (Å²) in [4.78, 5) is 25.3. The van der Waals surface area contributed by atoms with Crippen LogP contribution in [0.25, 0.3) is 0 Å². The number of nitrogens with zero attached hydrogens (tertiary/aromatic N) is 1. The van der Waals surface area contributed by atoms with E-state index in [0.717, 1.165) is 6.07 Å². The van der Waals surface area contributed by atoms with E-state index in [0.29, 0.717) is 25.9 Å². The Morgan fingerprint density at radius 1 is 1.20 bits per heavy atom. The van der Waals surface area contributed by atoms with Crippen molar-refractivity contribution in [2.24, 2.45) is 5.92 Å². The summed E-state index contributed by atoms with van der Waals surface area (Å²) in [6.45, 7) is 3.08. The van der Waals surface area contributed by atoms with Gasteiger partial charge in [0.1, 0.15) is 5.54 Å². The first-order valence-corrected chi connectivity index (χ1v) is 8.21. The number of halogens is 3. The van der Waals surface area contributed by atoms with Crippen LogP contribution in [0.4, 0.5) is 18.0 Å². The summed E-state index contributed by atoms with van der Waals surface area (Å²) in [7, 11) is 0. The average Bonchev–Trinajstić information content (AvgIpc) is 2.81. The third-order valence-electron chi connectivity index (χ3n) is 5.19. The fraction of sp³-hybridized carbons (Fsp3) is 0.529. The maximum absolute atomic E-state index is 13.1. The van der Waals surface area contributed by atoms with Crippen molar-refractivity contribution in [2.45, 2.75) is 38.0 Å². The zero-order valence-corrected chi connectivity index (χ0v) is 13.8. The van der Waals surface area contributed by atoms with E-state index in [2.05, 4.69) is 10.6 Å². The van der Waals surface area contributed by atoms with Crippen LogP contribution in [-0.4, -0.2) is 35.5 Å². The zero-order chi connectivity index (χ0) is 18.2. The molecule has 2 aliphatic rings. The van der Waals surface area contributed by atoms with Crippen LogP contribution >= 0.6 is 0 Å². The van der Waals surface area contributed by atoms with Crippen LogP contribution in [0, 0.1) is 5.92 Å². The number of rotatable bonds is 3. The molecule has 25 heavy (non-hydrogen) atoms. The van der Waals surface area contributed by atoms with Gasteiger partial charge in [-0.25, -0.2) is 4.79 Å². The molecule has 2 aliphatic heterocycles. The molecule has 2 fully saturated rings. The van der Waals surface area contributed by atoms with Crippen molar-refractivity contribution in [2.75, 3.05) is 13.1 Å². The highest BCUT2D eigenvalue weighted by molar-refractivity contribution is 6.06. The van der Waals surface area contributed by atoms with Crippen molar-refractivity contribution in [1.82, 2.24) is 15.5 Å². The fourth-order valence-corrected chi connectivity index (χ4v) is 3.69. The Bertz CT molecular complexity index is 684. The Hall–Kier alpha value is -2.09. The second-order valence-corrected chi connectivity index (χ2v) is 6.82. The van der Waals surface area contributed by atoms with E-state index in [4.69, 9.17) is 0 Å². The monoisotopic (exact) mass is 355 g/mol. The molecule has 1 unspecified atom stereocenters. The third-order valence-corrected chi connectivity index (χ3v) is 5.19. The largest absolute Gasteiger partial charge is 0.416 e. The van der Waals surface area contributed by atoms with E-state index >= 15 is 0 Å². The van der Waals surface area contributed by atoms with E-state index < -0.39 is 23.3 Å². The first-order chi connectivity index (χ1) is 11.7. The molecule has 0 aromatic heterocycles. The molecule has 2 saturated heterocycles. The Labute approximate surface area is 143 Å². The van der Waals surface area contributed by atoms with Gasteiger partial charge in [0.15, 0.2) is 0 Å². The molecule has 136 valence electrons. The van der Waals surface area contributed by atoms with Gasteiger partial charge in [0, 0.05) is 6.54 Å². The number of hydrogen-bond acceptors (Lipinski definition) is 3. The fourth-order valence-electron chi connectivity index (χ4n) is 3.69. The van der Waals surface area contributed by atoms with Crippen molar-refractivity contribution in [3.05, 3.63) is 35.4 Å².